The standard InChI is InChI=1S/C34H28ClN3O8/c1-19(39)45-25-15-13-21(17-29(25)44-4)34(41)46-26-14-12-20(16-28(26)43-3)18-36-38-33(40)32-30(22-8-5-6-10-24(22)35)23-9-7-11-27(42-2)31(23)37-32/h5-18,37H,1-4H3,(H,38,40). The lowest BCUT2D eigenvalue weighted by molar-refractivity contribution is -0.132. The monoisotopic (exact) mass is 641 g/mol. The predicted molar refractivity (Wildman–Crippen MR) is 173 cm³/mol. The number of fused-ring (bicyclic) bond motifs is 1. The van der Waals surface area contributed by atoms with Crippen molar-refractivity contribution in [2.75, 3.05) is 21.3 Å². The molecule has 2 N–H and O–H groups in total. The van der Waals surface area contributed by atoms with Gasteiger partial charge in [0.05, 0.1) is 38.6 Å². The summed E-state index contributed by atoms with van der Waals surface area (Å²) in [6.45, 7) is 1.26. The molecular formula is C34H28ClN3O8. The summed E-state index contributed by atoms with van der Waals surface area (Å²) >= 11 is 6.52. The molecule has 11 nitrogen and oxygen atoms in total. The van der Waals surface area contributed by atoms with E-state index in [1.807, 2.05) is 30.3 Å². The van der Waals surface area contributed by atoms with Crippen LogP contribution in [0.2, 0.25) is 5.02 Å². The summed E-state index contributed by atoms with van der Waals surface area (Å²) in [6.07, 6.45) is 1.42. The van der Waals surface area contributed by atoms with Crippen LogP contribution >= 0.6 is 11.6 Å². The number of halogens is 1. The average molecular weight is 642 g/mol. The molecular weight excluding hydrogens is 614 g/mol. The zero-order valence-electron chi connectivity index (χ0n) is 25.2. The number of aromatic nitrogens is 1. The molecule has 0 aliphatic carbocycles. The largest absolute Gasteiger partial charge is 0.495 e. The molecule has 1 aromatic heterocycles. The summed E-state index contributed by atoms with van der Waals surface area (Å²) in [5, 5.41) is 5.37. The first kappa shape index (κ1) is 31.6. The maximum atomic E-state index is 13.4. The van der Waals surface area contributed by atoms with Crippen LogP contribution in [0.5, 0.6) is 28.7 Å². The third kappa shape index (κ3) is 6.64. The molecule has 0 unspecified atom stereocenters. The number of benzene rings is 4. The van der Waals surface area contributed by atoms with Gasteiger partial charge in [-0.25, -0.2) is 10.2 Å². The highest BCUT2D eigenvalue weighted by molar-refractivity contribution is 6.34. The number of para-hydroxylation sites is 1. The van der Waals surface area contributed by atoms with Crippen LogP contribution in [0.1, 0.15) is 33.3 Å². The van der Waals surface area contributed by atoms with E-state index in [2.05, 4.69) is 15.5 Å². The van der Waals surface area contributed by atoms with Crippen LogP contribution in [0.3, 0.4) is 0 Å². The zero-order chi connectivity index (χ0) is 32.8. The molecule has 0 saturated carbocycles. The number of hydrogen-bond acceptors (Lipinski definition) is 9. The van der Waals surface area contributed by atoms with Gasteiger partial charge in [0.2, 0.25) is 0 Å². The van der Waals surface area contributed by atoms with Gasteiger partial charge in [0, 0.05) is 28.5 Å². The molecule has 4 aromatic carbocycles. The maximum Gasteiger partial charge on any atom is 0.343 e. The summed E-state index contributed by atoms with van der Waals surface area (Å²) in [5.41, 5.74) is 5.44. The van der Waals surface area contributed by atoms with Gasteiger partial charge < -0.3 is 28.7 Å². The van der Waals surface area contributed by atoms with Gasteiger partial charge in [0.25, 0.3) is 5.91 Å². The number of nitrogens with one attached hydrogen (secondary N) is 2. The second-order valence-electron chi connectivity index (χ2n) is 9.70. The molecule has 0 radical (unpaired) electrons. The van der Waals surface area contributed by atoms with E-state index in [9.17, 15) is 14.4 Å². The lowest BCUT2D eigenvalue weighted by Crippen LogP contribution is -2.19. The van der Waals surface area contributed by atoms with Crippen LogP contribution in [0.15, 0.2) is 84.0 Å². The normalized spacial score (nSPS) is 10.9. The SMILES string of the molecule is COc1cc(C(=O)Oc2ccc(C=NNC(=O)c3[nH]c4c(OC)cccc4c3-c3ccccc3Cl)cc2OC)ccc1OC(C)=O. The van der Waals surface area contributed by atoms with Crippen molar-refractivity contribution in [2.24, 2.45) is 5.10 Å². The van der Waals surface area contributed by atoms with Gasteiger partial charge in [0.15, 0.2) is 23.0 Å². The Kier molecular flexibility index (Phi) is 9.53. The fourth-order valence-electron chi connectivity index (χ4n) is 4.74. The first-order valence-corrected chi connectivity index (χ1v) is 14.2. The van der Waals surface area contributed by atoms with Gasteiger partial charge >= 0.3 is 11.9 Å². The smallest absolute Gasteiger partial charge is 0.343 e. The van der Waals surface area contributed by atoms with Crippen molar-refractivity contribution in [3.05, 3.63) is 101 Å². The molecule has 1 amide bonds. The summed E-state index contributed by atoms with van der Waals surface area (Å²) in [7, 11) is 4.36. The molecule has 234 valence electrons. The molecule has 0 atom stereocenters. The quantitative estimate of drug-likeness (QED) is 0.0771. The van der Waals surface area contributed by atoms with Gasteiger partial charge in [-0.15, -0.1) is 0 Å². The Morgan fingerprint density at radius 1 is 0.783 bits per heavy atom. The van der Waals surface area contributed by atoms with Crippen LogP contribution in [-0.4, -0.2) is 50.4 Å². The van der Waals surface area contributed by atoms with Crippen molar-refractivity contribution < 1.29 is 38.1 Å². The average Bonchev–Trinajstić information content (AvgIpc) is 3.45. The third-order valence-electron chi connectivity index (χ3n) is 6.81. The molecule has 0 saturated heterocycles. The van der Waals surface area contributed by atoms with Gasteiger partial charge in [-0.05, 0) is 54.1 Å². The van der Waals surface area contributed by atoms with Gasteiger partial charge in [-0.3, -0.25) is 9.59 Å². The van der Waals surface area contributed by atoms with Gasteiger partial charge in [-0.1, -0.05) is 41.9 Å². The lowest BCUT2D eigenvalue weighted by Gasteiger charge is -2.12. The van der Waals surface area contributed by atoms with E-state index in [1.165, 1.54) is 51.6 Å². The molecule has 12 heteroatoms. The van der Waals surface area contributed by atoms with Crippen LogP contribution in [0.25, 0.3) is 22.0 Å². The molecule has 0 bridgehead atoms. The molecule has 0 spiro atoms. The topological polar surface area (TPSA) is 138 Å². The van der Waals surface area contributed by atoms with Crippen LogP contribution < -0.4 is 29.1 Å². The Bertz CT molecular complexity index is 1990. The predicted octanol–water partition coefficient (Wildman–Crippen LogP) is 6.42. The Hall–Kier alpha value is -5.81. The maximum absolute atomic E-state index is 13.4. The second-order valence-corrected chi connectivity index (χ2v) is 10.1. The van der Waals surface area contributed by atoms with E-state index in [0.717, 1.165) is 5.39 Å². The van der Waals surface area contributed by atoms with Crippen molar-refractivity contribution >= 4 is 46.6 Å². The first-order valence-electron chi connectivity index (χ1n) is 13.8. The second kappa shape index (κ2) is 13.9. The van der Waals surface area contributed by atoms with Crippen molar-refractivity contribution in [3.63, 3.8) is 0 Å². The number of ether oxygens (including phenoxy) is 5. The molecule has 0 aliphatic heterocycles. The minimum absolute atomic E-state index is 0.146. The molecule has 0 aliphatic rings. The summed E-state index contributed by atoms with van der Waals surface area (Å²) in [6, 6.07) is 21.8. The first-order chi connectivity index (χ1) is 22.2. The zero-order valence-corrected chi connectivity index (χ0v) is 25.9. The van der Waals surface area contributed by atoms with Crippen LogP contribution in [0, 0.1) is 0 Å². The van der Waals surface area contributed by atoms with Gasteiger partial charge in [0.1, 0.15) is 11.4 Å². The van der Waals surface area contributed by atoms with E-state index in [1.54, 1.807) is 31.4 Å². The van der Waals surface area contributed by atoms with Crippen molar-refractivity contribution in [2.45, 2.75) is 6.92 Å². The van der Waals surface area contributed by atoms with E-state index in [-0.39, 0.29) is 34.3 Å². The molecule has 5 rings (SSSR count). The number of carbonyl (C=O) groups is 3. The molecule has 1 heterocycles. The van der Waals surface area contributed by atoms with Crippen molar-refractivity contribution in [3.8, 4) is 39.9 Å². The lowest BCUT2D eigenvalue weighted by atomic mass is 10.0. The number of aromatic amines is 1. The van der Waals surface area contributed by atoms with E-state index in [0.29, 0.717) is 33.0 Å². The van der Waals surface area contributed by atoms with Crippen LogP contribution in [0.4, 0.5) is 0 Å². The van der Waals surface area contributed by atoms with E-state index >= 15 is 0 Å². The molecule has 5 aromatic rings. The Labute approximate surface area is 268 Å². The fraction of sp³-hybridized carbons (Fsp3) is 0.118. The van der Waals surface area contributed by atoms with Crippen molar-refractivity contribution in [1.29, 1.82) is 0 Å². The number of rotatable bonds is 10. The molecule has 46 heavy (non-hydrogen) atoms. The van der Waals surface area contributed by atoms with Crippen molar-refractivity contribution in [1.82, 2.24) is 10.4 Å². The minimum Gasteiger partial charge on any atom is -0.495 e. The summed E-state index contributed by atoms with van der Waals surface area (Å²) in [4.78, 5) is 40.8. The Morgan fingerprint density at radius 2 is 1.48 bits per heavy atom. The number of hydrazone groups is 1. The summed E-state index contributed by atoms with van der Waals surface area (Å²) in [5.74, 6) is -0.397. The summed E-state index contributed by atoms with van der Waals surface area (Å²) < 4.78 is 26.8. The Balaban J connectivity index is 1.35. The van der Waals surface area contributed by atoms with E-state index in [4.69, 9.17) is 35.3 Å². The van der Waals surface area contributed by atoms with Gasteiger partial charge in [-0.2, -0.15) is 5.10 Å². The fourth-order valence-corrected chi connectivity index (χ4v) is 4.97. The highest BCUT2D eigenvalue weighted by Crippen LogP contribution is 2.39. The number of H-pyrrole nitrogens is 1. The van der Waals surface area contributed by atoms with Crippen LogP contribution in [-0.2, 0) is 4.79 Å². The minimum atomic E-state index is -0.691. The number of carbonyl (C=O) groups excluding carboxylic acids is 3. The Morgan fingerprint density at radius 3 is 2.20 bits per heavy atom. The molecule has 0 fully saturated rings. The highest BCUT2D eigenvalue weighted by Gasteiger charge is 2.22. The number of hydrogen-bond donors (Lipinski definition) is 2. The number of methoxy groups -OCH3 is 3. The number of amides is 1. The highest BCUT2D eigenvalue weighted by atomic mass is 35.5. The number of esters is 2. The van der Waals surface area contributed by atoms with E-state index < -0.39 is 17.8 Å². The third-order valence-corrected chi connectivity index (χ3v) is 7.14. The number of nitrogens with zero attached hydrogens (tertiary/aromatic N) is 1.